The number of imide groups is 1. The molecule has 2 fully saturated rings. The van der Waals surface area contributed by atoms with Gasteiger partial charge in [-0.15, -0.1) is 0 Å². The number of amides is 3. The third-order valence-corrected chi connectivity index (χ3v) is 4.95. The summed E-state index contributed by atoms with van der Waals surface area (Å²) in [6.45, 7) is 8.24. The molecule has 1 aromatic carbocycles. The lowest BCUT2D eigenvalue weighted by molar-refractivity contribution is -0.120. The molecule has 3 rings (SSSR count). The van der Waals surface area contributed by atoms with Gasteiger partial charge in [-0.2, -0.15) is 0 Å². The van der Waals surface area contributed by atoms with Crippen LogP contribution in [0.5, 0.6) is 0 Å². The average molecular weight is 363 g/mol. The molecule has 2 saturated heterocycles. The van der Waals surface area contributed by atoms with Crippen LogP contribution in [0.1, 0.15) is 52.9 Å². The van der Waals surface area contributed by atoms with Crippen LogP contribution >= 0.6 is 0 Å². The topological polar surface area (TPSA) is 52.6 Å². The maximum atomic E-state index is 14.6. The van der Waals surface area contributed by atoms with Gasteiger partial charge in [-0.3, -0.25) is 15.0 Å². The lowest BCUT2D eigenvalue weighted by Gasteiger charge is -2.34. The number of benzene rings is 1. The van der Waals surface area contributed by atoms with Crippen LogP contribution in [0.2, 0.25) is 0 Å². The fourth-order valence-electron chi connectivity index (χ4n) is 3.60. The number of carbonyl (C=O) groups is 2. The molecule has 0 spiro atoms. The number of urea groups is 1. The van der Waals surface area contributed by atoms with E-state index in [1.165, 1.54) is 23.8 Å². The second-order valence-corrected chi connectivity index (χ2v) is 6.61. The summed E-state index contributed by atoms with van der Waals surface area (Å²) >= 11 is 0. The van der Waals surface area contributed by atoms with E-state index in [0.29, 0.717) is 11.4 Å². The van der Waals surface area contributed by atoms with Crippen molar-refractivity contribution in [3.05, 3.63) is 24.0 Å². The molecule has 144 valence electrons. The summed E-state index contributed by atoms with van der Waals surface area (Å²) < 4.78 is 14.6. The van der Waals surface area contributed by atoms with Gasteiger partial charge in [0.1, 0.15) is 5.82 Å². The Bertz CT molecular complexity index is 627. The van der Waals surface area contributed by atoms with Gasteiger partial charge in [-0.1, -0.05) is 33.6 Å². The van der Waals surface area contributed by atoms with Crippen LogP contribution in [0.15, 0.2) is 18.2 Å². The first-order chi connectivity index (χ1) is 12.6. The molecule has 1 N–H and O–H groups in total. The number of nitrogens with zero attached hydrogens (tertiary/aromatic N) is 2. The van der Waals surface area contributed by atoms with Crippen LogP contribution in [0, 0.1) is 11.7 Å². The van der Waals surface area contributed by atoms with Crippen molar-refractivity contribution < 1.29 is 14.0 Å². The Morgan fingerprint density at radius 3 is 2.42 bits per heavy atom. The van der Waals surface area contributed by atoms with Gasteiger partial charge in [-0.25, -0.2) is 9.18 Å². The highest BCUT2D eigenvalue weighted by molar-refractivity contribution is 6.05. The zero-order chi connectivity index (χ0) is 19.1. The van der Waals surface area contributed by atoms with E-state index in [4.69, 9.17) is 0 Å². The quantitative estimate of drug-likeness (QED) is 0.867. The van der Waals surface area contributed by atoms with Gasteiger partial charge in [0, 0.05) is 31.7 Å². The van der Waals surface area contributed by atoms with E-state index in [9.17, 15) is 14.0 Å². The van der Waals surface area contributed by atoms with Crippen LogP contribution in [0.4, 0.5) is 20.6 Å². The van der Waals surface area contributed by atoms with E-state index in [-0.39, 0.29) is 24.7 Å². The molecule has 2 aliphatic heterocycles. The number of rotatable bonds is 4. The van der Waals surface area contributed by atoms with Crippen LogP contribution in [-0.2, 0) is 4.79 Å². The summed E-state index contributed by atoms with van der Waals surface area (Å²) in [5.74, 6) is 0.151. The maximum absolute atomic E-state index is 14.6. The minimum Gasteiger partial charge on any atom is -0.369 e. The predicted molar refractivity (Wildman–Crippen MR) is 103 cm³/mol. The van der Waals surface area contributed by atoms with Crippen molar-refractivity contribution in [2.45, 2.75) is 52.9 Å². The first-order valence-corrected chi connectivity index (χ1v) is 9.74. The summed E-state index contributed by atoms with van der Waals surface area (Å²) in [6, 6.07) is 4.40. The number of hydrogen-bond donors (Lipinski definition) is 1. The van der Waals surface area contributed by atoms with E-state index >= 15 is 0 Å². The highest BCUT2D eigenvalue weighted by atomic mass is 19.1. The largest absolute Gasteiger partial charge is 0.369 e. The van der Waals surface area contributed by atoms with E-state index in [2.05, 4.69) is 17.1 Å². The molecule has 3 amide bonds. The molecule has 5 nitrogen and oxygen atoms in total. The van der Waals surface area contributed by atoms with Crippen LogP contribution in [0.25, 0.3) is 0 Å². The summed E-state index contributed by atoms with van der Waals surface area (Å²) in [5.41, 5.74) is 1.09. The number of nitrogens with one attached hydrogen (secondary N) is 1. The number of carbonyl (C=O) groups excluding carboxylic acids is 2. The monoisotopic (exact) mass is 363 g/mol. The Kier molecular flexibility index (Phi) is 7.42. The second-order valence-electron chi connectivity index (χ2n) is 6.61. The predicted octanol–water partition coefficient (Wildman–Crippen LogP) is 4.31. The first kappa shape index (κ1) is 20.2. The maximum Gasteiger partial charge on any atom is 0.328 e. The van der Waals surface area contributed by atoms with Crippen LogP contribution < -0.4 is 15.1 Å². The molecule has 2 heterocycles. The average Bonchev–Trinajstić information content (AvgIpc) is 2.64. The van der Waals surface area contributed by atoms with Gasteiger partial charge in [0.15, 0.2) is 0 Å². The van der Waals surface area contributed by atoms with Gasteiger partial charge < -0.3 is 4.90 Å². The van der Waals surface area contributed by atoms with Gasteiger partial charge >= 0.3 is 6.03 Å². The Balaban J connectivity index is 0.00000117. The molecule has 0 atom stereocenters. The molecule has 0 bridgehead atoms. The second kappa shape index (κ2) is 9.55. The zero-order valence-corrected chi connectivity index (χ0v) is 16.1. The molecule has 1 aromatic rings. The molecule has 0 unspecified atom stereocenters. The highest BCUT2D eigenvalue weighted by Gasteiger charge is 2.26. The molecular weight excluding hydrogens is 333 g/mol. The third kappa shape index (κ3) is 4.74. The Morgan fingerprint density at radius 2 is 1.85 bits per heavy atom. The molecule has 0 aliphatic carbocycles. The normalized spacial score (nSPS) is 18.3. The van der Waals surface area contributed by atoms with E-state index in [1.54, 1.807) is 12.1 Å². The van der Waals surface area contributed by atoms with Crippen molar-refractivity contribution in [3.8, 4) is 0 Å². The highest BCUT2D eigenvalue weighted by Crippen LogP contribution is 2.30. The number of piperidine rings is 1. The lowest BCUT2D eigenvalue weighted by Crippen LogP contribution is -2.49. The molecule has 0 aromatic heterocycles. The van der Waals surface area contributed by atoms with Gasteiger partial charge in [0.2, 0.25) is 5.91 Å². The number of hydrogen-bond acceptors (Lipinski definition) is 3. The fourth-order valence-corrected chi connectivity index (χ4v) is 3.60. The van der Waals surface area contributed by atoms with Crippen LogP contribution in [-0.4, -0.2) is 31.6 Å². The summed E-state index contributed by atoms with van der Waals surface area (Å²) in [7, 11) is 0. The first-order valence-electron chi connectivity index (χ1n) is 9.74. The van der Waals surface area contributed by atoms with Crippen molar-refractivity contribution in [2.24, 2.45) is 5.92 Å². The molecule has 0 radical (unpaired) electrons. The summed E-state index contributed by atoms with van der Waals surface area (Å²) in [6.07, 6.45) is 4.89. The minimum atomic E-state index is -0.487. The molecule has 6 heteroatoms. The fraction of sp³-hybridized carbons (Fsp3) is 0.600. The number of anilines is 2. The smallest absolute Gasteiger partial charge is 0.328 e. The Hall–Kier alpha value is -2.11. The Morgan fingerprint density at radius 1 is 1.15 bits per heavy atom. The van der Waals surface area contributed by atoms with Gasteiger partial charge in [0.05, 0.1) is 5.69 Å². The minimum absolute atomic E-state index is 0.236. The van der Waals surface area contributed by atoms with Crippen molar-refractivity contribution in [1.82, 2.24) is 5.32 Å². The molecular formula is C20H30FN3O2. The Labute approximate surface area is 155 Å². The van der Waals surface area contributed by atoms with Crippen molar-refractivity contribution in [1.29, 1.82) is 0 Å². The van der Waals surface area contributed by atoms with Gasteiger partial charge in [-0.05, 0) is 37.0 Å². The van der Waals surface area contributed by atoms with Crippen molar-refractivity contribution in [2.75, 3.05) is 29.4 Å². The van der Waals surface area contributed by atoms with Gasteiger partial charge in [0.25, 0.3) is 0 Å². The van der Waals surface area contributed by atoms with Crippen molar-refractivity contribution in [3.63, 3.8) is 0 Å². The molecule has 2 aliphatic rings. The summed E-state index contributed by atoms with van der Waals surface area (Å²) in [5, 5.41) is 2.26. The standard InChI is InChI=1S/C18H24FN3O2.C2H6/c1-2-3-13-6-9-21(10-7-13)16-5-4-14(12-15(16)19)22-11-8-17(23)20-18(22)24;1-2/h4-5,12-13H,2-3,6-11H2,1H3,(H,20,23,24);1-2H3. The third-order valence-electron chi connectivity index (χ3n) is 4.95. The number of halogens is 1. The summed E-state index contributed by atoms with van der Waals surface area (Å²) in [4.78, 5) is 26.6. The molecule has 26 heavy (non-hydrogen) atoms. The van der Waals surface area contributed by atoms with E-state index in [0.717, 1.165) is 31.8 Å². The van der Waals surface area contributed by atoms with Crippen molar-refractivity contribution >= 4 is 23.3 Å². The molecule has 0 saturated carbocycles. The zero-order valence-electron chi connectivity index (χ0n) is 16.1. The SMILES string of the molecule is CC.CCCC1CCN(c2ccc(N3CCC(=O)NC3=O)cc2F)CC1. The lowest BCUT2D eigenvalue weighted by atomic mass is 9.92. The van der Waals surface area contributed by atoms with E-state index < -0.39 is 6.03 Å². The van der Waals surface area contributed by atoms with E-state index in [1.807, 2.05) is 13.8 Å². The van der Waals surface area contributed by atoms with Crippen LogP contribution in [0.3, 0.4) is 0 Å².